The Bertz CT molecular complexity index is 1440. The molecule has 0 bridgehead atoms. The van der Waals surface area contributed by atoms with Crippen LogP contribution in [0.15, 0.2) is 66.9 Å². The van der Waals surface area contributed by atoms with Gasteiger partial charge in [0.05, 0.1) is 16.1 Å². The Hall–Kier alpha value is -3.93. The molecule has 0 atom stereocenters. The fraction of sp³-hybridized carbons (Fsp3) is 0.160. The van der Waals surface area contributed by atoms with E-state index in [9.17, 15) is 10.1 Å². The van der Waals surface area contributed by atoms with Gasteiger partial charge in [-0.25, -0.2) is 4.52 Å². The van der Waals surface area contributed by atoms with Gasteiger partial charge in [0, 0.05) is 52.6 Å². The monoisotopic (exact) mass is 410 g/mol. The lowest BCUT2D eigenvalue weighted by atomic mass is 10.1. The van der Waals surface area contributed by atoms with Crippen molar-refractivity contribution in [2.45, 2.75) is 27.3 Å². The number of aryl methyl sites for hydroxylation is 3. The van der Waals surface area contributed by atoms with E-state index < -0.39 is 0 Å². The smallest absolute Gasteiger partial charge is 0.269 e. The van der Waals surface area contributed by atoms with Gasteiger partial charge in [-0.2, -0.15) is 5.10 Å². The van der Waals surface area contributed by atoms with Crippen LogP contribution in [0.2, 0.25) is 0 Å². The second-order valence-corrected chi connectivity index (χ2v) is 7.94. The molecule has 154 valence electrons. The molecule has 3 aromatic heterocycles. The molecular weight excluding hydrogens is 388 g/mol. The first-order valence-electron chi connectivity index (χ1n) is 10.2. The Kier molecular flexibility index (Phi) is 4.36. The predicted molar refractivity (Wildman–Crippen MR) is 123 cm³/mol. The van der Waals surface area contributed by atoms with Crippen molar-refractivity contribution in [1.82, 2.24) is 14.2 Å². The van der Waals surface area contributed by atoms with Gasteiger partial charge in [-0.3, -0.25) is 10.1 Å². The van der Waals surface area contributed by atoms with Gasteiger partial charge in [0.25, 0.3) is 5.69 Å². The molecule has 0 spiro atoms. The molecule has 5 aromatic rings. The summed E-state index contributed by atoms with van der Waals surface area (Å²) in [5.74, 6) is 0. The molecule has 0 saturated carbocycles. The zero-order valence-corrected chi connectivity index (χ0v) is 17.7. The van der Waals surface area contributed by atoms with Gasteiger partial charge in [0.1, 0.15) is 0 Å². The molecule has 0 amide bonds. The molecule has 3 heterocycles. The van der Waals surface area contributed by atoms with E-state index in [-0.39, 0.29) is 10.6 Å². The number of non-ortho nitro benzene ring substituents is 1. The van der Waals surface area contributed by atoms with E-state index in [1.165, 1.54) is 39.9 Å². The highest BCUT2D eigenvalue weighted by molar-refractivity contribution is 6.02. The average Bonchev–Trinajstić information content (AvgIpc) is 3.29. The summed E-state index contributed by atoms with van der Waals surface area (Å²) < 4.78 is 4.28. The van der Waals surface area contributed by atoms with Crippen molar-refractivity contribution in [2.24, 2.45) is 0 Å². The first-order valence-corrected chi connectivity index (χ1v) is 10.2. The fourth-order valence-electron chi connectivity index (χ4n) is 4.51. The van der Waals surface area contributed by atoms with E-state index in [1.54, 1.807) is 12.1 Å². The first kappa shape index (κ1) is 19.1. The van der Waals surface area contributed by atoms with Crippen LogP contribution in [0.3, 0.4) is 0 Å². The van der Waals surface area contributed by atoms with Crippen LogP contribution in [0.5, 0.6) is 0 Å². The molecule has 6 nitrogen and oxygen atoms in total. The third kappa shape index (κ3) is 3.08. The minimum absolute atomic E-state index is 0.0910. The summed E-state index contributed by atoms with van der Waals surface area (Å²) in [5, 5.41) is 18.2. The first-order chi connectivity index (χ1) is 14.9. The third-order valence-electron chi connectivity index (χ3n) is 6.05. The number of hydrogen-bond donors (Lipinski definition) is 0. The second-order valence-electron chi connectivity index (χ2n) is 7.94. The lowest BCUT2D eigenvalue weighted by Gasteiger charge is -2.09. The zero-order chi connectivity index (χ0) is 21.7. The fourth-order valence-corrected chi connectivity index (χ4v) is 4.51. The molecule has 0 fully saturated rings. The van der Waals surface area contributed by atoms with E-state index in [2.05, 4.69) is 48.7 Å². The Morgan fingerprint density at radius 1 is 0.903 bits per heavy atom. The van der Waals surface area contributed by atoms with Crippen LogP contribution in [0.25, 0.3) is 27.4 Å². The van der Waals surface area contributed by atoms with Crippen LogP contribution in [-0.2, 0) is 6.54 Å². The summed E-state index contributed by atoms with van der Waals surface area (Å²) in [6.45, 7) is 7.18. The average molecular weight is 410 g/mol. The van der Waals surface area contributed by atoms with Crippen molar-refractivity contribution in [1.29, 1.82) is 0 Å². The largest absolute Gasteiger partial charge is 0.343 e. The lowest BCUT2D eigenvalue weighted by Crippen LogP contribution is -2.03. The van der Waals surface area contributed by atoms with E-state index in [4.69, 9.17) is 5.10 Å². The molecule has 0 unspecified atom stereocenters. The predicted octanol–water partition coefficient (Wildman–Crippen LogP) is 5.84. The van der Waals surface area contributed by atoms with Gasteiger partial charge in [-0.15, -0.1) is 0 Å². The van der Waals surface area contributed by atoms with Crippen LogP contribution in [-0.4, -0.2) is 19.1 Å². The number of aromatic nitrogens is 3. The highest BCUT2D eigenvalue weighted by Gasteiger charge is 2.19. The Labute approximate surface area is 179 Å². The molecule has 0 radical (unpaired) electrons. The van der Waals surface area contributed by atoms with Gasteiger partial charge in [0.15, 0.2) is 0 Å². The summed E-state index contributed by atoms with van der Waals surface area (Å²) >= 11 is 0. The molecule has 5 rings (SSSR count). The Morgan fingerprint density at radius 2 is 1.58 bits per heavy atom. The summed E-state index contributed by atoms with van der Waals surface area (Å²) in [5.41, 5.74) is 7.72. The van der Waals surface area contributed by atoms with E-state index in [1.807, 2.05) is 23.7 Å². The maximum absolute atomic E-state index is 11.0. The number of nitro benzene ring substituents is 1. The van der Waals surface area contributed by atoms with Gasteiger partial charge >= 0.3 is 0 Å². The number of benzene rings is 2. The minimum atomic E-state index is -0.379. The minimum Gasteiger partial charge on any atom is -0.343 e. The molecule has 2 aromatic carbocycles. The molecule has 0 saturated heterocycles. The van der Waals surface area contributed by atoms with Gasteiger partial charge in [-0.1, -0.05) is 30.3 Å². The van der Waals surface area contributed by atoms with Crippen LogP contribution >= 0.6 is 0 Å². The summed E-state index contributed by atoms with van der Waals surface area (Å²) in [4.78, 5) is 10.6. The normalized spacial score (nSPS) is 11.5. The Morgan fingerprint density at radius 3 is 2.26 bits per heavy atom. The maximum atomic E-state index is 11.0. The number of rotatable bonds is 4. The number of fused-ring (bicyclic) bond motifs is 3. The van der Waals surface area contributed by atoms with Crippen LogP contribution in [0.4, 0.5) is 5.69 Å². The van der Waals surface area contributed by atoms with Crippen molar-refractivity contribution in [3.05, 3.63) is 99.6 Å². The molecular formula is C25H22N4O2. The topological polar surface area (TPSA) is 65.4 Å². The highest BCUT2D eigenvalue weighted by Crippen LogP contribution is 2.34. The number of hydrogen-bond acceptors (Lipinski definition) is 3. The van der Waals surface area contributed by atoms with Crippen molar-refractivity contribution < 1.29 is 4.92 Å². The molecule has 0 N–H and O–H groups in total. The standard InChI is InChI=1S/C25H22N4O2/c1-16-24-17(2)27(14-19-7-5-4-6-8-19)18(3)25(24)23-13-21(15-28(23)26-16)20-9-11-22(12-10-20)29(30)31/h4-13,15H,14H2,1-3H3. The van der Waals surface area contributed by atoms with Crippen molar-refractivity contribution in [3.8, 4) is 11.1 Å². The van der Waals surface area contributed by atoms with Gasteiger partial charge in [0.2, 0.25) is 0 Å². The SMILES string of the molecule is Cc1nn2cc(-c3ccc([N+](=O)[O-])cc3)cc2c2c(C)n(Cc3ccccc3)c(C)c12. The second kappa shape index (κ2) is 7.09. The van der Waals surface area contributed by atoms with Crippen LogP contribution in [0, 0.1) is 30.9 Å². The Balaban J connectivity index is 1.69. The van der Waals surface area contributed by atoms with Gasteiger partial charge < -0.3 is 4.57 Å². The van der Waals surface area contributed by atoms with E-state index >= 15 is 0 Å². The third-order valence-corrected chi connectivity index (χ3v) is 6.05. The summed E-state index contributed by atoms with van der Waals surface area (Å²) in [7, 11) is 0. The van der Waals surface area contributed by atoms with Crippen LogP contribution in [0.1, 0.15) is 22.6 Å². The maximum Gasteiger partial charge on any atom is 0.269 e. The molecule has 0 aliphatic heterocycles. The van der Waals surface area contributed by atoms with Crippen molar-refractivity contribution >= 4 is 22.0 Å². The van der Waals surface area contributed by atoms with Gasteiger partial charge in [-0.05, 0) is 50.1 Å². The molecule has 0 aliphatic carbocycles. The molecule has 0 aliphatic rings. The van der Waals surface area contributed by atoms with Crippen molar-refractivity contribution in [3.63, 3.8) is 0 Å². The van der Waals surface area contributed by atoms with Crippen LogP contribution < -0.4 is 0 Å². The zero-order valence-electron chi connectivity index (χ0n) is 17.7. The van der Waals surface area contributed by atoms with Crippen molar-refractivity contribution in [2.75, 3.05) is 0 Å². The molecule has 31 heavy (non-hydrogen) atoms. The van der Waals surface area contributed by atoms with E-state index in [0.29, 0.717) is 0 Å². The highest BCUT2D eigenvalue weighted by atomic mass is 16.6. The summed E-state index contributed by atoms with van der Waals surface area (Å²) in [6.07, 6.45) is 1.99. The van der Waals surface area contributed by atoms with E-state index in [0.717, 1.165) is 28.9 Å². The number of nitro groups is 1. The molecule has 6 heteroatoms. The summed E-state index contributed by atoms with van der Waals surface area (Å²) in [6, 6.07) is 19.2. The quantitative estimate of drug-likeness (QED) is 0.276. The number of nitrogens with zero attached hydrogens (tertiary/aromatic N) is 4. The lowest BCUT2D eigenvalue weighted by molar-refractivity contribution is -0.384.